The van der Waals surface area contributed by atoms with Crippen molar-refractivity contribution in [2.45, 2.75) is 62.6 Å². The molecule has 1 aliphatic rings. The molecule has 1 saturated carbocycles. The minimum atomic E-state index is -5.99. The zero-order valence-corrected chi connectivity index (χ0v) is 19.8. The molecule has 1 heterocycles. The summed E-state index contributed by atoms with van der Waals surface area (Å²) in [7, 11) is 3.76. The molecule has 0 spiro atoms. The Morgan fingerprint density at radius 3 is 2.00 bits per heavy atom. The highest BCUT2D eigenvalue weighted by Gasteiger charge is 2.71. The van der Waals surface area contributed by atoms with Crippen molar-refractivity contribution in [3.05, 3.63) is 47.2 Å². The van der Waals surface area contributed by atoms with E-state index in [2.05, 4.69) is 20.6 Å². The van der Waals surface area contributed by atoms with Gasteiger partial charge in [0, 0.05) is 49.1 Å². The Bertz CT molecular complexity index is 1050. The van der Waals surface area contributed by atoms with Crippen molar-refractivity contribution in [1.29, 1.82) is 0 Å². The average Bonchev–Trinajstić information content (AvgIpc) is 2.79. The van der Waals surface area contributed by atoms with Crippen molar-refractivity contribution in [1.82, 2.24) is 15.3 Å². The lowest BCUT2D eigenvalue weighted by Crippen LogP contribution is -2.53. The lowest BCUT2D eigenvalue weighted by atomic mass is 9.90. The Morgan fingerprint density at radius 1 is 0.972 bits per heavy atom. The molecule has 1 fully saturated rings. The van der Waals surface area contributed by atoms with E-state index in [4.69, 9.17) is 0 Å². The number of amides is 1. The molecule has 0 bridgehead atoms. The van der Waals surface area contributed by atoms with Crippen LogP contribution in [-0.2, 0) is 5.60 Å². The Labute approximate surface area is 203 Å². The molecule has 0 aliphatic heterocycles. The molecule has 198 valence electrons. The van der Waals surface area contributed by atoms with E-state index in [0.29, 0.717) is 43.8 Å². The summed E-state index contributed by atoms with van der Waals surface area (Å²) in [5, 5.41) is 15.5. The number of hydrogen-bond donors (Lipinski definition) is 3. The van der Waals surface area contributed by atoms with Gasteiger partial charge in [0.2, 0.25) is 5.95 Å². The predicted molar refractivity (Wildman–Crippen MR) is 121 cm³/mol. The molecule has 0 atom stereocenters. The van der Waals surface area contributed by atoms with E-state index < -0.39 is 29.4 Å². The Hall–Kier alpha value is -3.09. The summed E-state index contributed by atoms with van der Waals surface area (Å²) < 4.78 is 78.2. The van der Waals surface area contributed by atoms with Crippen molar-refractivity contribution >= 4 is 17.7 Å². The number of alkyl halides is 6. The smallest absolute Gasteiger partial charge is 0.369 e. The number of aryl methyl sites for hydroxylation is 1. The average molecular weight is 519 g/mol. The second kappa shape index (κ2) is 10.1. The summed E-state index contributed by atoms with van der Waals surface area (Å²) in [5.41, 5.74) is -5.63. The minimum absolute atomic E-state index is 0.0811. The van der Waals surface area contributed by atoms with E-state index >= 15 is 0 Å². The van der Waals surface area contributed by atoms with E-state index in [-0.39, 0.29) is 17.6 Å². The Morgan fingerprint density at radius 2 is 1.50 bits per heavy atom. The molecule has 1 aromatic carbocycles. The molecule has 13 heteroatoms. The third-order valence-electron chi connectivity index (χ3n) is 6.15. The zero-order chi connectivity index (χ0) is 26.9. The number of rotatable bonds is 6. The number of hydrogen-bond acceptors (Lipinski definition) is 6. The van der Waals surface area contributed by atoms with Crippen LogP contribution in [-0.4, -0.2) is 59.5 Å². The molecule has 3 N–H and O–H groups in total. The molecular weight excluding hydrogens is 492 g/mol. The first-order valence-corrected chi connectivity index (χ1v) is 11.2. The summed E-state index contributed by atoms with van der Waals surface area (Å²) in [5.74, 6) is 0.663. The van der Waals surface area contributed by atoms with Crippen LogP contribution < -0.4 is 15.5 Å². The molecule has 1 aliphatic carbocycles. The summed E-state index contributed by atoms with van der Waals surface area (Å²) in [6.07, 6.45) is -7.64. The lowest BCUT2D eigenvalue weighted by Gasteiger charge is -2.32. The van der Waals surface area contributed by atoms with Crippen LogP contribution in [0.5, 0.6) is 0 Å². The standard InChI is InChI=1S/C23H27F6N5O2/c1-13-12-30-20(33-18(13)34(2)3)32-17-10-8-16(9-11-17)31-19(35)14-4-6-15(7-5-14)21(36,22(24,25)26)23(27,28)29/h4-7,12,16-17,36H,8-11H2,1-3H3,(H,31,35)(H,30,32,33). The second-order valence-electron chi connectivity index (χ2n) is 9.04. The van der Waals surface area contributed by atoms with Crippen LogP contribution in [0.3, 0.4) is 0 Å². The number of nitrogens with one attached hydrogen (secondary N) is 2. The van der Waals surface area contributed by atoms with Gasteiger partial charge in [-0.25, -0.2) is 4.98 Å². The van der Waals surface area contributed by atoms with Gasteiger partial charge < -0.3 is 20.6 Å². The van der Waals surface area contributed by atoms with E-state index in [9.17, 15) is 36.2 Å². The van der Waals surface area contributed by atoms with E-state index in [1.165, 1.54) is 0 Å². The molecule has 0 saturated heterocycles. The highest BCUT2D eigenvalue weighted by Crippen LogP contribution is 2.49. The van der Waals surface area contributed by atoms with Crippen molar-refractivity contribution in [2.24, 2.45) is 0 Å². The molecule has 1 aromatic heterocycles. The van der Waals surface area contributed by atoms with Crippen LogP contribution in [0.25, 0.3) is 0 Å². The topological polar surface area (TPSA) is 90.4 Å². The first kappa shape index (κ1) is 27.5. The van der Waals surface area contributed by atoms with Gasteiger partial charge in [0.15, 0.2) is 0 Å². The summed E-state index contributed by atoms with van der Waals surface area (Å²) in [6.45, 7) is 1.91. The van der Waals surface area contributed by atoms with Gasteiger partial charge in [-0.05, 0) is 44.7 Å². The highest BCUT2D eigenvalue weighted by molar-refractivity contribution is 5.94. The first-order valence-electron chi connectivity index (χ1n) is 11.2. The number of aromatic nitrogens is 2. The summed E-state index contributed by atoms with van der Waals surface area (Å²) >= 11 is 0. The summed E-state index contributed by atoms with van der Waals surface area (Å²) in [6, 6.07) is 2.45. The molecule has 0 unspecified atom stereocenters. The van der Waals surface area contributed by atoms with Gasteiger partial charge in [-0.2, -0.15) is 31.3 Å². The number of aliphatic hydroxyl groups is 1. The normalized spacial score (nSPS) is 19.1. The van der Waals surface area contributed by atoms with Crippen molar-refractivity contribution in [2.75, 3.05) is 24.3 Å². The third kappa shape index (κ3) is 5.66. The number of benzene rings is 1. The van der Waals surface area contributed by atoms with Crippen LogP contribution in [0, 0.1) is 6.92 Å². The molecular formula is C23H27F6N5O2. The number of halogens is 6. The maximum absolute atomic E-state index is 13.0. The molecule has 7 nitrogen and oxygen atoms in total. The predicted octanol–water partition coefficient (Wildman–Crippen LogP) is 4.32. The molecule has 3 rings (SSSR count). The van der Waals surface area contributed by atoms with Gasteiger partial charge in [0.1, 0.15) is 5.82 Å². The van der Waals surface area contributed by atoms with Gasteiger partial charge in [0.25, 0.3) is 11.5 Å². The number of anilines is 2. The maximum atomic E-state index is 13.0. The zero-order valence-electron chi connectivity index (χ0n) is 19.8. The van der Waals surface area contributed by atoms with Crippen molar-refractivity contribution in [3.63, 3.8) is 0 Å². The second-order valence-corrected chi connectivity index (χ2v) is 9.04. The molecule has 2 aromatic rings. The molecule has 1 amide bonds. The third-order valence-corrected chi connectivity index (χ3v) is 6.15. The van der Waals surface area contributed by atoms with Gasteiger partial charge in [0.05, 0.1) is 0 Å². The van der Waals surface area contributed by atoms with Gasteiger partial charge >= 0.3 is 12.4 Å². The Balaban J connectivity index is 1.59. The number of carbonyl (C=O) groups is 1. The number of nitrogens with zero attached hydrogens (tertiary/aromatic N) is 3. The van der Waals surface area contributed by atoms with E-state index in [1.807, 2.05) is 25.9 Å². The van der Waals surface area contributed by atoms with Gasteiger partial charge in [-0.1, -0.05) is 12.1 Å². The van der Waals surface area contributed by atoms with Crippen molar-refractivity contribution < 1.29 is 36.2 Å². The Kier molecular flexibility index (Phi) is 7.72. The quantitative estimate of drug-likeness (QED) is 0.493. The van der Waals surface area contributed by atoms with Crippen LogP contribution in [0.2, 0.25) is 0 Å². The van der Waals surface area contributed by atoms with E-state index in [0.717, 1.165) is 23.5 Å². The van der Waals surface area contributed by atoms with Gasteiger partial charge in [-0.15, -0.1) is 0 Å². The summed E-state index contributed by atoms with van der Waals surface area (Å²) in [4.78, 5) is 23.2. The SMILES string of the molecule is Cc1cnc(NC2CCC(NC(=O)c3ccc(C(O)(C(F)(F)F)C(F)(F)F)cc3)CC2)nc1N(C)C. The highest BCUT2D eigenvalue weighted by atomic mass is 19.4. The fourth-order valence-electron chi connectivity index (χ4n) is 4.14. The van der Waals surface area contributed by atoms with Crippen LogP contribution >= 0.6 is 0 Å². The molecule has 36 heavy (non-hydrogen) atoms. The fourth-order valence-corrected chi connectivity index (χ4v) is 4.14. The minimum Gasteiger partial charge on any atom is -0.369 e. The van der Waals surface area contributed by atoms with Crippen LogP contribution in [0.1, 0.15) is 47.2 Å². The van der Waals surface area contributed by atoms with Crippen molar-refractivity contribution in [3.8, 4) is 0 Å². The lowest BCUT2D eigenvalue weighted by molar-refractivity contribution is -0.376. The number of carbonyl (C=O) groups excluding carboxylic acids is 1. The van der Waals surface area contributed by atoms with E-state index in [1.54, 1.807) is 6.20 Å². The van der Waals surface area contributed by atoms with Crippen LogP contribution in [0.4, 0.5) is 38.1 Å². The fraction of sp³-hybridized carbons (Fsp3) is 0.522. The van der Waals surface area contributed by atoms with Crippen LogP contribution in [0.15, 0.2) is 30.5 Å². The monoisotopic (exact) mass is 519 g/mol. The first-order chi connectivity index (χ1) is 16.6. The maximum Gasteiger partial charge on any atom is 0.430 e. The van der Waals surface area contributed by atoms with Gasteiger partial charge in [-0.3, -0.25) is 4.79 Å². The largest absolute Gasteiger partial charge is 0.430 e. The molecule has 0 radical (unpaired) electrons.